The van der Waals surface area contributed by atoms with Gasteiger partial charge in [-0.25, -0.2) is 13.8 Å². The van der Waals surface area contributed by atoms with Crippen LogP contribution in [0.3, 0.4) is 0 Å². The number of aryl methyl sites for hydroxylation is 2. The molecule has 0 saturated heterocycles. The zero-order valence-corrected chi connectivity index (χ0v) is 17.5. The molecule has 14 heteroatoms. The Balaban J connectivity index is 0.000000197. The number of rotatable bonds is 4. The molecule has 3 heterocycles. The minimum atomic E-state index is -4.96. The smallest absolute Gasteiger partial charge is 0.441 e. The number of pyridine rings is 1. The van der Waals surface area contributed by atoms with Gasteiger partial charge in [-0.3, -0.25) is 9.78 Å². The van der Waals surface area contributed by atoms with Crippen LogP contribution in [0.5, 0.6) is 0 Å². The minimum absolute atomic E-state index is 0.129. The third-order valence-electron chi connectivity index (χ3n) is 4.78. The Kier molecular flexibility index (Phi) is 6.98. The predicted molar refractivity (Wildman–Crippen MR) is 103 cm³/mol. The van der Waals surface area contributed by atoms with Gasteiger partial charge in [-0.15, -0.1) is 13.2 Å². The van der Waals surface area contributed by atoms with Gasteiger partial charge in [-0.05, 0) is 31.4 Å². The number of aromatic nitrogens is 4. The molecule has 4 rings (SSSR count). The van der Waals surface area contributed by atoms with Gasteiger partial charge in [0.1, 0.15) is 17.1 Å². The normalized spacial score (nSPS) is 13.9. The summed E-state index contributed by atoms with van der Waals surface area (Å²) in [7, 11) is 0. The van der Waals surface area contributed by atoms with Crippen molar-refractivity contribution in [3.63, 3.8) is 0 Å². The molecule has 7 nitrogen and oxygen atoms in total. The summed E-state index contributed by atoms with van der Waals surface area (Å²) in [5.74, 6) is -3.04. The van der Waals surface area contributed by atoms with Gasteiger partial charge in [-0.2, -0.15) is 18.6 Å². The molecule has 3 aromatic heterocycles. The number of amides is 1. The van der Waals surface area contributed by atoms with Crippen LogP contribution in [0.1, 0.15) is 59.4 Å². The average molecular weight is 493 g/mol. The Morgan fingerprint density at radius 2 is 1.85 bits per heavy atom. The Bertz CT molecular complexity index is 1140. The third-order valence-corrected chi connectivity index (χ3v) is 4.78. The molecule has 0 aromatic carbocycles. The van der Waals surface area contributed by atoms with Crippen LogP contribution in [0.15, 0.2) is 28.9 Å². The molecule has 34 heavy (non-hydrogen) atoms. The van der Waals surface area contributed by atoms with Crippen molar-refractivity contribution < 1.29 is 39.9 Å². The van der Waals surface area contributed by atoms with E-state index in [2.05, 4.69) is 20.8 Å². The molecule has 0 atom stereocenters. The second kappa shape index (κ2) is 9.43. The van der Waals surface area contributed by atoms with Gasteiger partial charge in [0.05, 0.1) is 11.3 Å². The molecule has 0 spiro atoms. The fourth-order valence-corrected chi connectivity index (χ4v) is 3.15. The van der Waals surface area contributed by atoms with E-state index in [1.807, 2.05) is 0 Å². The van der Waals surface area contributed by atoms with E-state index >= 15 is 0 Å². The van der Waals surface area contributed by atoms with Crippen molar-refractivity contribution in [3.8, 4) is 11.5 Å². The maximum absolute atomic E-state index is 13.3. The van der Waals surface area contributed by atoms with E-state index in [0.717, 1.165) is 44.1 Å². The van der Waals surface area contributed by atoms with E-state index in [4.69, 9.17) is 4.42 Å². The number of oxazole rings is 1. The highest BCUT2D eigenvalue weighted by Gasteiger charge is 2.35. The summed E-state index contributed by atoms with van der Waals surface area (Å²) in [6.07, 6.45) is -2.78. The summed E-state index contributed by atoms with van der Waals surface area (Å²) in [6.45, 7) is 0.833. The van der Waals surface area contributed by atoms with Gasteiger partial charge in [0, 0.05) is 31.3 Å². The van der Waals surface area contributed by atoms with Crippen LogP contribution in [0.25, 0.3) is 11.5 Å². The van der Waals surface area contributed by atoms with Crippen LogP contribution >= 0.6 is 0 Å². The molecule has 1 aliphatic carbocycles. The van der Waals surface area contributed by atoms with Gasteiger partial charge in [0.15, 0.2) is 0 Å². The van der Waals surface area contributed by atoms with E-state index in [1.54, 1.807) is 6.07 Å². The molecular weight excluding hydrogens is 475 g/mol. The number of nitrogens with zero attached hydrogens (tertiary/aromatic N) is 4. The van der Waals surface area contributed by atoms with E-state index < -0.39 is 40.5 Å². The first-order valence-corrected chi connectivity index (χ1v) is 9.85. The summed E-state index contributed by atoms with van der Waals surface area (Å²) >= 11 is 0. The van der Waals surface area contributed by atoms with Crippen LogP contribution < -0.4 is 5.73 Å². The van der Waals surface area contributed by atoms with Crippen LogP contribution in [-0.2, 0) is 25.1 Å². The van der Waals surface area contributed by atoms with Crippen molar-refractivity contribution in [1.29, 1.82) is 0 Å². The van der Waals surface area contributed by atoms with Gasteiger partial charge >= 0.3 is 6.30 Å². The van der Waals surface area contributed by atoms with Gasteiger partial charge in [-0.1, -0.05) is 0 Å². The summed E-state index contributed by atoms with van der Waals surface area (Å²) in [5.41, 5.74) is 3.65. The summed E-state index contributed by atoms with van der Waals surface area (Å²) in [5, 5.41) is 2.54. The zero-order valence-electron chi connectivity index (χ0n) is 17.5. The van der Waals surface area contributed by atoms with E-state index in [1.165, 1.54) is 12.3 Å². The summed E-state index contributed by atoms with van der Waals surface area (Å²) in [4.78, 5) is 18.6. The second-order valence-electron chi connectivity index (χ2n) is 7.42. The molecule has 1 amide bonds. The van der Waals surface area contributed by atoms with Crippen LogP contribution in [0.4, 0.5) is 30.7 Å². The third kappa shape index (κ3) is 5.72. The topological polar surface area (TPSA) is 99.8 Å². The molecular formula is C20H18F7N5O2. The second-order valence-corrected chi connectivity index (χ2v) is 7.42. The fraction of sp³-hybridized carbons (Fsp3) is 0.400. The van der Waals surface area contributed by atoms with Gasteiger partial charge in [0.2, 0.25) is 5.89 Å². The Morgan fingerprint density at radius 3 is 2.38 bits per heavy atom. The lowest BCUT2D eigenvalue weighted by Crippen LogP contribution is -2.17. The molecule has 0 unspecified atom stereocenters. The molecule has 3 aromatic rings. The molecule has 2 N–H and O–H groups in total. The van der Waals surface area contributed by atoms with Gasteiger partial charge < -0.3 is 10.2 Å². The van der Waals surface area contributed by atoms with E-state index in [0.29, 0.717) is 11.5 Å². The lowest BCUT2D eigenvalue weighted by molar-refractivity contribution is -0.212. The highest BCUT2D eigenvalue weighted by Crippen LogP contribution is 2.31. The highest BCUT2D eigenvalue weighted by molar-refractivity contribution is 5.93. The zero-order chi connectivity index (χ0) is 25.3. The maximum atomic E-state index is 13.3. The fourth-order valence-electron chi connectivity index (χ4n) is 3.15. The van der Waals surface area contributed by atoms with Crippen molar-refractivity contribution >= 4 is 5.91 Å². The van der Waals surface area contributed by atoms with Crippen LogP contribution in [0.2, 0.25) is 0 Å². The Morgan fingerprint density at radius 1 is 1.18 bits per heavy atom. The number of nitrogens with two attached hydrogens (primary N) is 1. The number of fused-ring (bicyclic) bond motifs is 1. The molecule has 0 radical (unpaired) electrons. The van der Waals surface area contributed by atoms with Crippen molar-refractivity contribution in [2.24, 2.45) is 5.73 Å². The number of primary amides is 1. The molecule has 0 saturated carbocycles. The average Bonchev–Trinajstić information content (AvgIpc) is 3.38. The Labute approximate surface area is 187 Å². The van der Waals surface area contributed by atoms with Crippen molar-refractivity contribution in [3.05, 3.63) is 52.9 Å². The van der Waals surface area contributed by atoms with Crippen molar-refractivity contribution in [2.45, 2.75) is 51.3 Å². The molecule has 0 aliphatic heterocycles. The molecule has 1 aliphatic rings. The number of carbonyl (C=O) groups is 1. The first-order valence-electron chi connectivity index (χ1n) is 9.85. The monoisotopic (exact) mass is 493 g/mol. The lowest BCUT2D eigenvalue weighted by Gasteiger charge is -2.09. The molecule has 0 fully saturated rings. The summed E-state index contributed by atoms with van der Waals surface area (Å²) in [6, 6.07) is 2.99. The quantitative estimate of drug-likeness (QED) is 0.509. The number of alkyl halides is 7. The number of hydrogen-bond acceptors (Lipinski definition) is 5. The van der Waals surface area contributed by atoms with Crippen LogP contribution in [-0.4, -0.2) is 25.7 Å². The molecule has 184 valence electrons. The Hall–Kier alpha value is -3.45. The first kappa shape index (κ1) is 25.2. The molecule has 0 bridgehead atoms. The standard InChI is InChI=1S/C14H14F2N2O.C6H4F5N3O/c1-14(15,16)12-8-9(6-7-17-12)13-18-10-4-2-3-5-11(10)19-13;7-4(8)3-2(5(12)15)1-14(13-3)6(9,10)11/h6-8H,2-5H2,1H3;1,4H,(H2,12,15). The SMILES string of the molecule is CC(F)(F)c1cc(-c2nc3c(o2)CCCC3)ccn1.NC(=O)c1cn(C(F)(F)F)nc1C(F)F. The highest BCUT2D eigenvalue weighted by atomic mass is 19.4. The van der Waals surface area contributed by atoms with Crippen molar-refractivity contribution in [1.82, 2.24) is 19.7 Å². The minimum Gasteiger partial charge on any atom is -0.441 e. The van der Waals surface area contributed by atoms with Crippen molar-refractivity contribution in [2.75, 3.05) is 0 Å². The largest absolute Gasteiger partial charge is 0.504 e. The lowest BCUT2D eigenvalue weighted by atomic mass is 10.0. The first-order chi connectivity index (χ1) is 15.8. The van der Waals surface area contributed by atoms with E-state index in [9.17, 15) is 35.5 Å². The van der Waals surface area contributed by atoms with Crippen LogP contribution in [0, 0.1) is 0 Å². The van der Waals surface area contributed by atoms with E-state index in [-0.39, 0.29) is 11.9 Å². The maximum Gasteiger partial charge on any atom is 0.504 e. The number of hydrogen-bond donors (Lipinski definition) is 1. The summed E-state index contributed by atoms with van der Waals surface area (Å²) < 4.78 is 91.8. The van der Waals surface area contributed by atoms with Gasteiger partial charge in [0.25, 0.3) is 18.3 Å². The number of carbonyl (C=O) groups excluding carboxylic acids is 1. The number of halogens is 7. The predicted octanol–water partition coefficient (Wildman–Crippen LogP) is 5.12.